The second-order valence-corrected chi connectivity index (χ2v) is 9.75. The first kappa shape index (κ1) is 21.0. The minimum Gasteiger partial charge on any atom is -0.450 e. The van der Waals surface area contributed by atoms with Crippen molar-refractivity contribution in [3.8, 4) is 0 Å². The SMILES string of the molecule is CC[C@@H](OC(=O)c1cccc(N2C(=O)[C@@H]3[C@@H]4C=C[C@H]([C@H]5C[C@@H]45)[C@@H]3C2=O)c1)C(=O)c1ccccc1. The summed E-state index contributed by atoms with van der Waals surface area (Å²) in [6.07, 6.45) is 4.81. The smallest absolute Gasteiger partial charge is 0.338 e. The highest BCUT2D eigenvalue weighted by Crippen LogP contribution is 2.65. The fourth-order valence-electron chi connectivity index (χ4n) is 6.29. The molecule has 6 heteroatoms. The zero-order valence-corrected chi connectivity index (χ0v) is 18.8. The molecule has 3 fully saturated rings. The summed E-state index contributed by atoms with van der Waals surface area (Å²) in [5.74, 6) is -0.505. The van der Waals surface area contributed by atoms with Crippen LogP contribution in [0, 0.1) is 35.5 Å². The van der Waals surface area contributed by atoms with Gasteiger partial charge in [0, 0.05) is 5.56 Å². The number of esters is 1. The van der Waals surface area contributed by atoms with Crippen molar-refractivity contribution in [3.63, 3.8) is 0 Å². The number of ketones is 1. The molecule has 2 bridgehead atoms. The Bertz CT molecular complexity index is 1200. The number of hydrogen-bond donors (Lipinski definition) is 0. The van der Waals surface area contributed by atoms with Gasteiger partial charge < -0.3 is 4.74 Å². The van der Waals surface area contributed by atoms with Gasteiger partial charge in [0.15, 0.2) is 6.10 Å². The molecule has 1 saturated heterocycles. The van der Waals surface area contributed by atoms with Gasteiger partial charge >= 0.3 is 5.97 Å². The lowest BCUT2D eigenvalue weighted by Gasteiger charge is -2.37. The van der Waals surface area contributed by atoms with Crippen LogP contribution in [-0.2, 0) is 14.3 Å². The van der Waals surface area contributed by atoms with E-state index < -0.39 is 12.1 Å². The fraction of sp³-hybridized carbons (Fsp3) is 0.357. The van der Waals surface area contributed by atoms with Crippen molar-refractivity contribution in [3.05, 3.63) is 77.9 Å². The van der Waals surface area contributed by atoms with E-state index >= 15 is 0 Å². The number of imide groups is 1. The molecule has 0 radical (unpaired) electrons. The first-order valence-corrected chi connectivity index (χ1v) is 12.0. The summed E-state index contributed by atoms with van der Waals surface area (Å²) in [6, 6.07) is 15.1. The molecule has 1 aliphatic heterocycles. The molecule has 0 aromatic heterocycles. The number of anilines is 1. The van der Waals surface area contributed by atoms with Crippen LogP contribution in [0.2, 0.25) is 0 Å². The van der Waals surface area contributed by atoms with Crippen LogP contribution in [0.5, 0.6) is 0 Å². The van der Waals surface area contributed by atoms with Gasteiger partial charge in [-0.05, 0) is 54.7 Å². The van der Waals surface area contributed by atoms with Gasteiger partial charge in [-0.3, -0.25) is 14.4 Å². The quantitative estimate of drug-likeness (QED) is 0.284. The third-order valence-corrected chi connectivity index (χ3v) is 7.97. The fourth-order valence-corrected chi connectivity index (χ4v) is 6.29. The minimum absolute atomic E-state index is 0.143. The van der Waals surface area contributed by atoms with Crippen LogP contribution in [0.3, 0.4) is 0 Å². The van der Waals surface area contributed by atoms with Crippen molar-refractivity contribution in [2.24, 2.45) is 35.5 Å². The van der Waals surface area contributed by atoms with E-state index in [1.165, 1.54) is 11.0 Å². The van der Waals surface area contributed by atoms with Gasteiger partial charge in [0.2, 0.25) is 17.6 Å². The van der Waals surface area contributed by atoms with E-state index in [1.54, 1.807) is 49.4 Å². The highest BCUT2D eigenvalue weighted by atomic mass is 16.5. The summed E-state index contributed by atoms with van der Waals surface area (Å²) in [5.41, 5.74) is 1.07. The number of rotatable bonds is 6. The van der Waals surface area contributed by atoms with Gasteiger partial charge in [-0.1, -0.05) is 55.5 Å². The molecule has 34 heavy (non-hydrogen) atoms. The molecule has 2 aromatic carbocycles. The van der Waals surface area contributed by atoms with Crippen LogP contribution in [0.25, 0.3) is 0 Å². The lowest BCUT2D eigenvalue weighted by Crippen LogP contribution is -2.40. The van der Waals surface area contributed by atoms with E-state index in [1.807, 2.05) is 6.07 Å². The third kappa shape index (κ3) is 3.08. The summed E-state index contributed by atoms with van der Waals surface area (Å²) in [4.78, 5) is 53.7. The van der Waals surface area contributed by atoms with Crippen LogP contribution in [0.15, 0.2) is 66.7 Å². The molecule has 2 amide bonds. The van der Waals surface area contributed by atoms with Crippen molar-refractivity contribution in [2.75, 3.05) is 4.90 Å². The van der Waals surface area contributed by atoms with E-state index in [2.05, 4.69) is 12.2 Å². The monoisotopic (exact) mass is 455 g/mol. The topological polar surface area (TPSA) is 80.8 Å². The summed E-state index contributed by atoms with van der Waals surface area (Å²) >= 11 is 0. The van der Waals surface area contributed by atoms with Crippen molar-refractivity contribution < 1.29 is 23.9 Å². The number of carbonyl (C=O) groups is 4. The molecule has 0 N–H and O–H groups in total. The van der Waals surface area contributed by atoms with E-state index in [-0.39, 0.29) is 46.8 Å². The molecule has 6 nitrogen and oxygen atoms in total. The lowest BCUT2D eigenvalue weighted by molar-refractivity contribution is -0.124. The number of amides is 2. The molecule has 7 atom stereocenters. The molecule has 0 spiro atoms. The van der Waals surface area contributed by atoms with Crippen LogP contribution >= 0.6 is 0 Å². The first-order valence-electron chi connectivity index (χ1n) is 12.0. The predicted octanol–water partition coefficient (Wildman–Crippen LogP) is 4.06. The second kappa shape index (κ2) is 7.76. The number of Topliss-reactive ketones (excluding diaryl/α,β-unsaturated/α-hetero) is 1. The Kier molecular flexibility index (Phi) is 4.80. The van der Waals surface area contributed by atoms with Crippen LogP contribution in [0.1, 0.15) is 40.5 Å². The Morgan fingerprint density at radius 2 is 1.53 bits per heavy atom. The maximum Gasteiger partial charge on any atom is 0.338 e. The van der Waals surface area contributed by atoms with Gasteiger partial charge in [0.25, 0.3) is 0 Å². The number of allylic oxidation sites excluding steroid dienone is 2. The maximum atomic E-state index is 13.4. The van der Waals surface area contributed by atoms with E-state index in [9.17, 15) is 19.2 Å². The van der Waals surface area contributed by atoms with Gasteiger partial charge in [0.1, 0.15) is 0 Å². The molecule has 2 aromatic rings. The normalized spacial score (nSPS) is 31.1. The van der Waals surface area contributed by atoms with E-state index in [0.29, 0.717) is 29.5 Å². The Morgan fingerprint density at radius 3 is 2.15 bits per heavy atom. The number of ether oxygens (including phenoxy) is 1. The number of hydrogen-bond acceptors (Lipinski definition) is 5. The summed E-state index contributed by atoms with van der Waals surface area (Å²) in [5, 5.41) is 0. The van der Waals surface area contributed by atoms with Crippen molar-refractivity contribution in [1.29, 1.82) is 0 Å². The largest absolute Gasteiger partial charge is 0.450 e. The number of carbonyl (C=O) groups excluding carboxylic acids is 4. The van der Waals surface area contributed by atoms with Crippen LogP contribution < -0.4 is 4.90 Å². The van der Waals surface area contributed by atoms with Crippen LogP contribution in [-0.4, -0.2) is 29.7 Å². The molecule has 4 aliphatic carbocycles. The molecule has 172 valence electrons. The molecule has 1 heterocycles. The van der Waals surface area contributed by atoms with E-state index in [4.69, 9.17) is 4.74 Å². The lowest BCUT2D eigenvalue weighted by atomic mass is 9.63. The Labute approximate surface area is 197 Å². The molecular formula is C28H25NO5. The van der Waals surface area contributed by atoms with Crippen LogP contribution in [0.4, 0.5) is 5.69 Å². The average Bonchev–Trinajstić information content (AvgIpc) is 3.65. The number of benzene rings is 2. The molecule has 7 rings (SSSR count). The van der Waals surface area contributed by atoms with Crippen molar-refractivity contribution in [1.82, 2.24) is 0 Å². The summed E-state index contributed by atoms with van der Waals surface area (Å²) in [7, 11) is 0. The predicted molar refractivity (Wildman–Crippen MR) is 124 cm³/mol. The zero-order valence-electron chi connectivity index (χ0n) is 18.8. The molecule has 0 unspecified atom stereocenters. The Balaban J connectivity index is 1.23. The van der Waals surface area contributed by atoms with E-state index in [0.717, 1.165) is 6.42 Å². The first-order chi connectivity index (χ1) is 16.5. The van der Waals surface area contributed by atoms with Gasteiger partial charge in [-0.25, -0.2) is 9.69 Å². The zero-order chi connectivity index (χ0) is 23.6. The van der Waals surface area contributed by atoms with Gasteiger partial charge in [-0.15, -0.1) is 0 Å². The average molecular weight is 456 g/mol. The Morgan fingerprint density at radius 1 is 0.912 bits per heavy atom. The van der Waals surface area contributed by atoms with Gasteiger partial charge in [0.05, 0.1) is 23.1 Å². The summed E-state index contributed by atoms with van der Waals surface area (Å²) in [6.45, 7) is 1.78. The number of nitrogens with zero attached hydrogens (tertiary/aromatic N) is 1. The minimum atomic E-state index is -0.912. The standard InChI is InChI=1S/C28H25NO5/c1-2-22(25(30)15-7-4-3-5-8-15)34-28(33)16-9-6-10-17(13-16)29-26(31)23-18-11-12-19(21-14-20(18)21)24(23)27(29)32/h3-13,18-24H,2,14H2,1H3/t18-,19-,20-,21+,22-,23+,24-/m1/s1. The maximum absolute atomic E-state index is 13.4. The van der Waals surface area contributed by atoms with Crippen molar-refractivity contribution in [2.45, 2.75) is 25.9 Å². The molecule has 2 saturated carbocycles. The highest BCUT2D eigenvalue weighted by Gasteiger charge is 2.67. The van der Waals surface area contributed by atoms with Crippen molar-refractivity contribution >= 4 is 29.3 Å². The molecule has 5 aliphatic rings. The molecular weight excluding hydrogens is 430 g/mol. The summed E-state index contributed by atoms with van der Waals surface area (Å²) < 4.78 is 5.54. The second-order valence-electron chi connectivity index (χ2n) is 9.75. The Hall–Kier alpha value is -3.54. The van der Waals surface area contributed by atoms with Gasteiger partial charge in [-0.2, -0.15) is 0 Å². The highest BCUT2D eigenvalue weighted by molar-refractivity contribution is 6.23. The third-order valence-electron chi connectivity index (χ3n) is 7.97.